The van der Waals surface area contributed by atoms with Gasteiger partial charge in [0.05, 0.1) is 0 Å². The van der Waals surface area contributed by atoms with Crippen LogP contribution in [0.2, 0.25) is 0 Å². The molecule has 1 aliphatic heterocycles. The Morgan fingerprint density at radius 3 is 2.27 bits per heavy atom. The minimum absolute atomic E-state index is 1.07. The Morgan fingerprint density at radius 2 is 1.45 bits per heavy atom. The Morgan fingerprint density at radius 1 is 0.727 bits per heavy atom. The van der Waals surface area contributed by atoms with Gasteiger partial charge in [-0.3, -0.25) is 0 Å². The highest BCUT2D eigenvalue weighted by Crippen LogP contribution is 2.30. The van der Waals surface area contributed by atoms with E-state index in [4.69, 9.17) is 0 Å². The molecule has 0 aliphatic carbocycles. The molecule has 0 bridgehead atoms. The van der Waals surface area contributed by atoms with Gasteiger partial charge in [0, 0.05) is 31.9 Å². The molecule has 1 aliphatic rings. The van der Waals surface area contributed by atoms with Gasteiger partial charge in [0.2, 0.25) is 0 Å². The molecule has 0 saturated carbocycles. The fourth-order valence-electron chi connectivity index (χ4n) is 3.25. The zero-order valence-electron chi connectivity index (χ0n) is 12.6. The summed E-state index contributed by atoms with van der Waals surface area (Å²) in [5.74, 6) is 0. The zero-order valence-corrected chi connectivity index (χ0v) is 12.6. The first-order valence-electron chi connectivity index (χ1n) is 7.96. The summed E-state index contributed by atoms with van der Waals surface area (Å²) in [6.45, 7) is 4.33. The molecular weight excluding hydrogens is 268 g/mol. The fourth-order valence-corrected chi connectivity index (χ4v) is 3.25. The summed E-state index contributed by atoms with van der Waals surface area (Å²) in [6, 6.07) is 24.1. The fraction of sp³-hybridized carbons (Fsp3) is 0.200. The van der Waals surface area contributed by atoms with Crippen LogP contribution in [0.4, 0.5) is 5.69 Å². The Hall–Kier alpha value is -2.32. The molecule has 0 atom stereocenters. The largest absolute Gasteiger partial charge is 0.369 e. The third-order valence-electron chi connectivity index (χ3n) is 4.45. The highest BCUT2D eigenvalue weighted by atomic mass is 15.2. The van der Waals surface area contributed by atoms with Crippen LogP contribution in [0, 0.1) is 0 Å². The molecule has 0 unspecified atom stereocenters. The Bertz CT molecular complexity index is 766. The van der Waals surface area contributed by atoms with E-state index in [0.29, 0.717) is 0 Å². The molecule has 2 nitrogen and oxygen atoms in total. The van der Waals surface area contributed by atoms with Crippen molar-refractivity contribution in [3.63, 3.8) is 0 Å². The second-order valence-corrected chi connectivity index (χ2v) is 5.81. The number of hydrogen-bond acceptors (Lipinski definition) is 2. The molecule has 1 fully saturated rings. The van der Waals surface area contributed by atoms with Crippen molar-refractivity contribution in [2.75, 3.05) is 31.1 Å². The second kappa shape index (κ2) is 5.82. The second-order valence-electron chi connectivity index (χ2n) is 5.81. The lowest BCUT2D eigenvalue weighted by molar-refractivity contribution is 0.589. The van der Waals surface area contributed by atoms with Crippen LogP contribution in [-0.2, 0) is 0 Å². The number of nitrogens with one attached hydrogen (secondary N) is 1. The number of piperazine rings is 1. The monoisotopic (exact) mass is 288 g/mol. The molecule has 1 N–H and O–H groups in total. The van der Waals surface area contributed by atoms with Crippen molar-refractivity contribution in [3.05, 3.63) is 66.7 Å². The summed E-state index contributed by atoms with van der Waals surface area (Å²) in [7, 11) is 0. The Balaban J connectivity index is 1.70. The molecular formula is C20H20N2. The van der Waals surface area contributed by atoms with E-state index in [1.54, 1.807) is 0 Å². The van der Waals surface area contributed by atoms with Gasteiger partial charge in [0.1, 0.15) is 0 Å². The topological polar surface area (TPSA) is 15.3 Å². The van der Waals surface area contributed by atoms with Crippen molar-refractivity contribution >= 4 is 16.5 Å². The number of rotatable bonds is 2. The first kappa shape index (κ1) is 13.4. The number of anilines is 1. The van der Waals surface area contributed by atoms with Crippen LogP contribution >= 0.6 is 0 Å². The third kappa shape index (κ3) is 2.46. The lowest BCUT2D eigenvalue weighted by Gasteiger charge is -2.29. The normalized spacial score (nSPS) is 15.2. The molecule has 4 rings (SSSR count). The summed E-state index contributed by atoms with van der Waals surface area (Å²) in [6.07, 6.45) is 0. The van der Waals surface area contributed by atoms with Crippen molar-refractivity contribution in [2.24, 2.45) is 0 Å². The van der Waals surface area contributed by atoms with Gasteiger partial charge >= 0.3 is 0 Å². The summed E-state index contributed by atoms with van der Waals surface area (Å²) in [5, 5.41) is 6.02. The average molecular weight is 288 g/mol. The van der Waals surface area contributed by atoms with E-state index in [0.717, 1.165) is 26.2 Å². The van der Waals surface area contributed by atoms with Crippen molar-refractivity contribution in [1.29, 1.82) is 0 Å². The van der Waals surface area contributed by atoms with Crippen LogP contribution in [0.25, 0.3) is 21.9 Å². The Kier molecular flexibility index (Phi) is 3.53. The molecule has 3 aromatic rings. The molecule has 1 heterocycles. The number of fused-ring (bicyclic) bond motifs is 1. The molecule has 3 aromatic carbocycles. The van der Waals surface area contributed by atoms with Gasteiger partial charge in [-0.1, -0.05) is 54.6 Å². The van der Waals surface area contributed by atoms with E-state index >= 15 is 0 Å². The third-order valence-corrected chi connectivity index (χ3v) is 4.45. The highest BCUT2D eigenvalue weighted by Gasteiger charge is 2.10. The van der Waals surface area contributed by atoms with Crippen molar-refractivity contribution in [3.8, 4) is 11.1 Å². The summed E-state index contributed by atoms with van der Waals surface area (Å²) >= 11 is 0. The number of benzene rings is 3. The van der Waals surface area contributed by atoms with Crippen LogP contribution in [0.5, 0.6) is 0 Å². The molecule has 2 heteroatoms. The molecule has 22 heavy (non-hydrogen) atoms. The van der Waals surface area contributed by atoms with Gasteiger partial charge in [-0.05, 0) is 34.0 Å². The standard InChI is InChI=1S/C20H20N2/c1-2-6-19-16(4-1)5-3-7-20(19)17-8-10-18(11-9-17)22-14-12-21-13-15-22/h1-11,21H,12-15H2. The van der Waals surface area contributed by atoms with Crippen LogP contribution < -0.4 is 10.2 Å². The van der Waals surface area contributed by atoms with E-state index in [-0.39, 0.29) is 0 Å². The van der Waals surface area contributed by atoms with Gasteiger partial charge in [-0.15, -0.1) is 0 Å². The summed E-state index contributed by atoms with van der Waals surface area (Å²) in [5.41, 5.74) is 3.92. The first-order chi connectivity index (χ1) is 10.9. The number of hydrogen-bond donors (Lipinski definition) is 1. The molecule has 0 radical (unpaired) electrons. The van der Waals surface area contributed by atoms with Gasteiger partial charge in [-0.2, -0.15) is 0 Å². The van der Waals surface area contributed by atoms with Gasteiger partial charge in [0.25, 0.3) is 0 Å². The van der Waals surface area contributed by atoms with Gasteiger partial charge < -0.3 is 10.2 Å². The molecule has 0 amide bonds. The quantitative estimate of drug-likeness (QED) is 0.769. The van der Waals surface area contributed by atoms with E-state index in [1.807, 2.05) is 0 Å². The van der Waals surface area contributed by atoms with Crippen molar-refractivity contribution in [2.45, 2.75) is 0 Å². The maximum Gasteiger partial charge on any atom is 0.0367 e. The zero-order chi connectivity index (χ0) is 14.8. The van der Waals surface area contributed by atoms with Crippen LogP contribution in [0.15, 0.2) is 66.7 Å². The van der Waals surface area contributed by atoms with Crippen molar-refractivity contribution < 1.29 is 0 Å². The van der Waals surface area contributed by atoms with Crippen LogP contribution in [0.3, 0.4) is 0 Å². The molecule has 0 aromatic heterocycles. The first-order valence-corrected chi connectivity index (χ1v) is 7.96. The summed E-state index contributed by atoms with van der Waals surface area (Å²) in [4.78, 5) is 2.45. The number of nitrogens with zero attached hydrogens (tertiary/aromatic N) is 1. The molecule has 0 spiro atoms. The van der Waals surface area contributed by atoms with E-state index in [9.17, 15) is 0 Å². The predicted molar refractivity (Wildman–Crippen MR) is 94.5 cm³/mol. The van der Waals surface area contributed by atoms with E-state index in [2.05, 4.69) is 76.9 Å². The smallest absolute Gasteiger partial charge is 0.0367 e. The van der Waals surface area contributed by atoms with Crippen LogP contribution in [0.1, 0.15) is 0 Å². The lowest BCUT2D eigenvalue weighted by atomic mass is 9.98. The maximum absolute atomic E-state index is 3.40. The van der Waals surface area contributed by atoms with Gasteiger partial charge in [-0.25, -0.2) is 0 Å². The molecule has 1 saturated heterocycles. The highest BCUT2D eigenvalue weighted by molar-refractivity contribution is 5.96. The van der Waals surface area contributed by atoms with Gasteiger partial charge in [0.15, 0.2) is 0 Å². The lowest BCUT2D eigenvalue weighted by Crippen LogP contribution is -2.43. The summed E-state index contributed by atoms with van der Waals surface area (Å²) < 4.78 is 0. The SMILES string of the molecule is c1ccc2c(-c3ccc(N4CCNCC4)cc3)cccc2c1. The maximum atomic E-state index is 3.40. The predicted octanol–water partition coefficient (Wildman–Crippen LogP) is 3.92. The van der Waals surface area contributed by atoms with Crippen LogP contribution in [-0.4, -0.2) is 26.2 Å². The van der Waals surface area contributed by atoms with Crippen molar-refractivity contribution in [1.82, 2.24) is 5.32 Å². The van der Waals surface area contributed by atoms with E-state index < -0.39 is 0 Å². The Labute approximate surface area is 131 Å². The minimum atomic E-state index is 1.07. The average Bonchev–Trinajstić information content (AvgIpc) is 2.62. The van der Waals surface area contributed by atoms with E-state index in [1.165, 1.54) is 27.6 Å². The molecule has 110 valence electrons. The minimum Gasteiger partial charge on any atom is -0.369 e.